The first-order valence-electron chi connectivity index (χ1n) is 10.0. The fourth-order valence-corrected chi connectivity index (χ4v) is 3.89. The van der Waals surface area contributed by atoms with Crippen LogP contribution in [0.15, 0.2) is 89.5 Å². The summed E-state index contributed by atoms with van der Waals surface area (Å²) >= 11 is 3.59. The highest BCUT2D eigenvalue weighted by Crippen LogP contribution is 2.30. The fourth-order valence-electron chi connectivity index (χ4n) is 3.52. The van der Waals surface area contributed by atoms with Crippen LogP contribution in [0.2, 0.25) is 0 Å². The molecule has 32 heavy (non-hydrogen) atoms. The number of ether oxygens (including phenoxy) is 1. The zero-order valence-electron chi connectivity index (χ0n) is 17.3. The predicted molar refractivity (Wildman–Crippen MR) is 132 cm³/mol. The van der Waals surface area contributed by atoms with E-state index in [9.17, 15) is 0 Å². The highest BCUT2D eigenvalue weighted by Gasteiger charge is 2.12. The lowest BCUT2D eigenvalue weighted by molar-refractivity contribution is 0.415. The molecule has 0 atom stereocenters. The van der Waals surface area contributed by atoms with E-state index < -0.39 is 0 Å². The molecule has 3 aromatic carbocycles. The van der Waals surface area contributed by atoms with Crippen molar-refractivity contribution in [2.24, 2.45) is 0 Å². The Morgan fingerprint density at radius 2 is 1.66 bits per heavy atom. The van der Waals surface area contributed by atoms with E-state index >= 15 is 0 Å². The van der Waals surface area contributed by atoms with Crippen molar-refractivity contribution in [1.29, 1.82) is 0 Å². The second-order valence-electron chi connectivity index (χ2n) is 7.31. The predicted octanol–water partition coefficient (Wildman–Crippen LogP) is 6.16. The second kappa shape index (κ2) is 8.36. The number of anilines is 3. The molecule has 0 spiro atoms. The third-order valence-corrected chi connectivity index (χ3v) is 5.82. The molecule has 5 aromatic rings. The summed E-state index contributed by atoms with van der Waals surface area (Å²) in [6, 6.07) is 25.9. The third-order valence-electron chi connectivity index (χ3n) is 5.21. The molecule has 158 valence electrons. The van der Waals surface area contributed by atoms with Crippen LogP contribution < -0.4 is 15.8 Å². The first kappa shape index (κ1) is 20.1. The molecule has 0 saturated carbocycles. The third kappa shape index (κ3) is 3.90. The van der Waals surface area contributed by atoms with E-state index in [1.807, 2.05) is 48.5 Å². The van der Waals surface area contributed by atoms with Gasteiger partial charge in [0.05, 0.1) is 29.0 Å². The highest BCUT2D eigenvalue weighted by atomic mass is 79.9. The molecule has 2 heterocycles. The van der Waals surface area contributed by atoms with Crippen LogP contribution in [0.5, 0.6) is 5.75 Å². The maximum atomic E-state index is 5.81. The Bertz CT molecular complexity index is 1390. The minimum Gasteiger partial charge on any atom is -0.497 e. The molecule has 0 unspecified atom stereocenters. The SMILES string of the molecule is COc1cccc(-c2ccc(-c3cc4c(Br)cnn4c(Nc4ccc(N)cc4)n3)cc2)c1. The maximum Gasteiger partial charge on any atom is 0.229 e. The van der Waals surface area contributed by atoms with E-state index in [4.69, 9.17) is 15.5 Å². The number of aromatic nitrogens is 3. The summed E-state index contributed by atoms with van der Waals surface area (Å²) in [7, 11) is 1.68. The van der Waals surface area contributed by atoms with Crippen molar-refractivity contribution in [2.75, 3.05) is 18.2 Å². The van der Waals surface area contributed by atoms with Gasteiger partial charge in [0.1, 0.15) is 5.75 Å². The summed E-state index contributed by atoms with van der Waals surface area (Å²) in [6.07, 6.45) is 1.76. The highest BCUT2D eigenvalue weighted by molar-refractivity contribution is 9.10. The van der Waals surface area contributed by atoms with Gasteiger partial charge in [-0.05, 0) is 69.5 Å². The quantitative estimate of drug-likeness (QED) is 0.291. The first-order chi connectivity index (χ1) is 15.6. The van der Waals surface area contributed by atoms with Gasteiger partial charge >= 0.3 is 0 Å². The van der Waals surface area contributed by atoms with Crippen molar-refractivity contribution in [3.8, 4) is 28.1 Å². The second-order valence-corrected chi connectivity index (χ2v) is 8.17. The molecule has 0 aliphatic heterocycles. The average molecular weight is 486 g/mol. The zero-order valence-corrected chi connectivity index (χ0v) is 18.9. The molecule has 6 nitrogen and oxygen atoms in total. The molecule has 2 aromatic heterocycles. The lowest BCUT2D eigenvalue weighted by Crippen LogP contribution is -2.04. The minimum absolute atomic E-state index is 0.616. The number of methoxy groups -OCH3 is 1. The lowest BCUT2D eigenvalue weighted by Gasteiger charge is -2.11. The molecule has 0 amide bonds. The van der Waals surface area contributed by atoms with Crippen molar-refractivity contribution in [3.05, 3.63) is 89.5 Å². The van der Waals surface area contributed by atoms with Crippen LogP contribution in [-0.4, -0.2) is 21.7 Å². The molecule has 0 aliphatic carbocycles. The van der Waals surface area contributed by atoms with E-state index in [2.05, 4.69) is 56.7 Å². The van der Waals surface area contributed by atoms with Gasteiger partial charge in [-0.25, -0.2) is 4.98 Å². The molecule has 0 radical (unpaired) electrons. The summed E-state index contributed by atoms with van der Waals surface area (Å²) in [5, 5.41) is 7.79. The van der Waals surface area contributed by atoms with Crippen LogP contribution in [0.1, 0.15) is 0 Å². The smallest absolute Gasteiger partial charge is 0.229 e. The van der Waals surface area contributed by atoms with E-state index in [-0.39, 0.29) is 0 Å². The van der Waals surface area contributed by atoms with Crippen molar-refractivity contribution >= 4 is 38.8 Å². The summed E-state index contributed by atoms with van der Waals surface area (Å²) in [6.45, 7) is 0. The van der Waals surface area contributed by atoms with E-state index in [0.717, 1.165) is 43.8 Å². The summed E-state index contributed by atoms with van der Waals surface area (Å²) < 4.78 is 8.02. The number of nitrogens with one attached hydrogen (secondary N) is 1. The van der Waals surface area contributed by atoms with Crippen LogP contribution in [0.3, 0.4) is 0 Å². The standard InChI is InChI=1S/C25H20BrN5O/c1-32-21-4-2-3-18(13-21)16-5-7-17(8-6-16)23-14-24-22(26)15-28-31(24)25(30-23)29-20-11-9-19(27)10-12-20/h2-15H,27H2,1H3,(H,29,30). The molecular weight excluding hydrogens is 466 g/mol. The first-order valence-corrected chi connectivity index (χ1v) is 10.8. The van der Waals surface area contributed by atoms with Gasteiger partial charge in [-0.2, -0.15) is 9.61 Å². The van der Waals surface area contributed by atoms with Crippen LogP contribution in [-0.2, 0) is 0 Å². The maximum absolute atomic E-state index is 5.81. The van der Waals surface area contributed by atoms with Gasteiger partial charge in [0.15, 0.2) is 0 Å². The Kier molecular flexibility index (Phi) is 5.25. The Morgan fingerprint density at radius 3 is 2.41 bits per heavy atom. The molecule has 5 rings (SSSR count). The van der Waals surface area contributed by atoms with E-state index in [1.54, 1.807) is 17.8 Å². The van der Waals surface area contributed by atoms with E-state index in [0.29, 0.717) is 11.6 Å². The Labute approximate surface area is 193 Å². The Morgan fingerprint density at radius 1 is 0.906 bits per heavy atom. The van der Waals surface area contributed by atoms with Crippen molar-refractivity contribution < 1.29 is 4.74 Å². The normalized spacial score (nSPS) is 10.9. The number of nitrogen functional groups attached to an aromatic ring is 1. The largest absolute Gasteiger partial charge is 0.497 e. The topological polar surface area (TPSA) is 77.5 Å². The van der Waals surface area contributed by atoms with Crippen molar-refractivity contribution in [1.82, 2.24) is 14.6 Å². The number of rotatable bonds is 5. The monoisotopic (exact) mass is 485 g/mol. The molecule has 3 N–H and O–H groups in total. The van der Waals surface area contributed by atoms with Crippen LogP contribution in [0.4, 0.5) is 17.3 Å². The van der Waals surface area contributed by atoms with Gasteiger partial charge < -0.3 is 15.8 Å². The summed E-state index contributed by atoms with van der Waals surface area (Å²) in [5.41, 5.74) is 12.4. The van der Waals surface area contributed by atoms with Gasteiger partial charge in [-0.1, -0.05) is 36.4 Å². The van der Waals surface area contributed by atoms with Gasteiger partial charge in [0.2, 0.25) is 5.95 Å². The van der Waals surface area contributed by atoms with Crippen molar-refractivity contribution in [3.63, 3.8) is 0 Å². The Hall–Kier alpha value is -3.84. The van der Waals surface area contributed by atoms with Crippen molar-refractivity contribution in [2.45, 2.75) is 0 Å². The summed E-state index contributed by atoms with van der Waals surface area (Å²) in [4.78, 5) is 4.85. The number of halogens is 1. The van der Waals surface area contributed by atoms with Crippen LogP contribution in [0, 0.1) is 0 Å². The molecule has 0 fully saturated rings. The van der Waals surface area contributed by atoms with Gasteiger partial charge in [-0.3, -0.25) is 0 Å². The molecule has 7 heteroatoms. The molecule has 0 saturated heterocycles. The van der Waals surface area contributed by atoms with Gasteiger partial charge in [0, 0.05) is 16.9 Å². The number of hydrogen-bond acceptors (Lipinski definition) is 5. The molecule has 0 bridgehead atoms. The Balaban J connectivity index is 1.53. The number of hydrogen-bond donors (Lipinski definition) is 2. The average Bonchev–Trinajstić information content (AvgIpc) is 3.21. The van der Waals surface area contributed by atoms with Gasteiger partial charge in [0.25, 0.3) is 0 Å². The fraction of sp³-hybridized carbons (Fsp3) is 0.0400. The minimum atomic E-state index is 0.616. The molecular formula is C25H20BrN5O. The number of fused-ring (bicyclic) bond motifs is 1. The number of benzene rings is 3. The summed E-state index contributed by atoms with van der Waals surface area (Å²) in [5.74, 6) is 1.45. The van der Waals surface area contributed by atoms with Gasteiger partial charge in [-0.15, -0.1) is 0 Å². The zero-order chi connectivity index (χ0) is 22.1. The van der Waals surface area contributed by atoms with Crippen LogP contribution in [0.25, 0.3) is 27.9 Å². The lowest BCUT2D eigenvalue weighted by atomic mass is 10.0. The van der Waals surface area contributed by atoms with E-state index in [1.165, 1.54) is 0 Å². The number of nitrogens with two attached hydrogens (primary N) is 1. The molecule has 0 aliphatic rings. The number of nitrogens with zero attached hydrogens (tertiary/aromatic N) is 3. The van der Waals surface area contributed by atoms with Crippen LogP contribution >= 0.6 is 15.9 Å².